The average Bonchev–Trinajstić information content (AvgIpc) is 2.55. The molecule has 0 fully saturated rings. The van der Waals surface area contributed by atoms with E-state index in [0.717, 1.165) is 25.7 Å². The van der Waals surface area contributed by atoms with E-state index in [-0.39, 0.29) is 17.4 Å². The molecule has 0 aliphatic carbocycles. The molecule has 4 heteroatoms. The molecule has 0 bridgehead atoms. The first kappa shape index (κ1) is 16.9. The van der Waals surface area contributed by atoms with Crippen molar-refractivity contribution in [2.75, 3.05) is 4.90 Å². The molecule has 0 radical (unpaired) electrons. The normalized spacial score (nSPS) is 10.5. The topological polar surface area (TPSA) is 60.8 Å². The van der Waals surface area contributed by atoms with E-state index in [9.17, 15) is 15.0 Å². The summed E-state index contributed by atoms with van der Waals surface area (Å²) in [6.07, 6.45) is 4.64. The summed E-state index contributed by atoms with van der Waals surface area (Å²) in [5.74, 6) is 0.335. The van der Waals surface area contributed by atoms with Gasteiger partial charge in [-0.1, -0.05) is 26.2 Å². The van der Waals surface area contributed by atoms with Crippen LogP contribution in [-0.2, 0) is 4.79 Å². The number of nitrogens with zero attached hydrogens (tertiary/aromatic N) is 1. The fraction of sp³-hybridized carbons (Fsp3) is 0.316. The Bertz CT molecular complexity index is 575. The van der Waals surface area contributed by atoms with Crippen molar-refractivity contribution < 1.29 is 15.0 Å². The number of hydrogen-bond acceptors (Lipinski definition) is 3. The van der Waals surface area contributed by atoms with Gasteiger partial charge < -0.3 is 10.2 Å². The van der Waals surface area contributed by atoms with Crippen LogP contribution in [0.2, 0.25) is 0 Å². The van der Waals surface area contributed by atoms with Gasteiger partial charge >= 0.3 is 0 Å². The van der Waals surface area contributed by atoms with E-state index >= 15 is 0 Å². The van der Waals surface area contributed by atoms with Crippen LogP contribution in [0.1, 0.15) is 39.0 Å². The Morgan fingerprint density at radius 2 is 1.30 bits per heavy atom. The first-order valence-electron chi connectivity index (χ1n) is 8.03. The lowest BCUT2D eigenvalue weighted by molar-refractivity contribution is -0.118. The zero-order chi connectivity index (χ0) is 16.7. The number of rotatable bonds is 7. The molecule has 0 heterocycles. The Labute approximate surface area is 137 Å². The molecular formula is C19H23NO3. The lowest BCUT2D eigenvalue weighted by Crippen LogP contribution is -2.25. The maximum Gasteiger partial charge on any atom is 0.231 e. The van der Waals surface area contributed by atoms with Crippen LogP contribution in [0, 0.1) is 0 Å². The number of unbranched alkanes of at least 4 members (excludes halogenated alkanes) is 3. The van der Waals surface area contributed by atoms with Crippen LogP contribution >= 0.6 is 0 Å². The molecule has 23 heavy (non-hydrogen) atoms. The summed E-state index contributed by atoms with van der Waals surface area (Å²) in [4.78, 5) is 14.3. The quantitative estimate of drug-likeness (QED) is 0.726. The molecule has 122 valence electrons. The van der Waals surface area contributed by atoms with Gasteiger partial charge in [0.05, 0.1) is 0 Å². The van der Waals surface area contributed by atoms with E-state index in [4.69, 9.17) is 0 Å². The zero-order valence-corrected chi connectivity index (χ0v) is 13.4. The molecule has 0 unspecified atom stereocenters. The van der Waals surface area contributed by atoms with Gasteiger partial charge in [-0.25, -0.2) is 0 Å². The summed E-state index contributed by atoms with van der Waals surface area (Å²) in [5, 5.41) is 18.9. The minimum atomic E-state index is 0.0116. The second kappa shape index (κ2) is 8.22. The average molecular weight is 313 g/mol. The van der Waals surface area contributed by atoms with Gasteiger partial charge in [-0.05, 0) is 55.0 Å². The van der Waals surface area contributed by atoms with E-state index < -0.39 is 0 Å². The molecule has 0 atom stereocenters. The Morgan fingerprint density at radius 3 is 1.74 bits per heavy atom. The Kier molecular flexibility index (Phi) is 6.03. The highest BCUT2D eigenvalue weighted by Crippen LogP contribution is 2.29. The van der Waals surface area contributed by atoms with Crippen molar-refractivity contribution in [2.24, 2.45) is 0 Å². The zero-order valence-electron chi connectivity index (χ0n) is 13.4. The van der Waals surface area contributed by atoms with E-state index in [1.165, 1.54) is 0 Å². The number of phenolic OH excluding ortho intramolecular Hbond substituents is 2. The smallest absolute Gasteiger partial charge is 0.231 e. The van der Waals surface area contributed by atoms with Crippen molar-refractivity contribution in [1.82, 2.24) is 0 Å². The van der Waals surface area contributed by atoms with Gasteiger partial charge in [0, 0.05) is 17.8 Å². The number of hydrogen-bond donors (Lipinski definition) is 2. The van der Waals surface area contributed by atoms with Crippen molar-refractivity contribution in [3.8, 4) is 11.5 Å². The van der Waals surface area contributed by atoms with Gasteiger partial charge in [0.15, 0.2) is 0 Å². The summed E-state index contributed by atoms with van der Waals surface area (Å²) in [6, 6.07) is 13.1. The molecule has 0 aliphatic rings. The van der Waals surface area contributed by atoms with Crippen LogP contribution in [0.4, 0.5) is 11.4 Å². The number of amides is 1. The number of anilines is 2. The van der Waals surface area contributed by atoms with Gasteiger partial charge in [0.25, 0.3) is 0 Å². The SMILES string of the molecule is CCCCCCC(=O)N(c1ccc(O)cc1)c1ccc(O)cc1. The van der Waals surface area contributed by atoms with Crippen LogP contribution in [0.25, 0.3) is 0 Å². The van der Waals surface area contributed by atoms with Crippen molar-refractivity contribution in [1.29, 1.82) is 0 Å². The van der Waals surface area contributed by atoms with Gasteiger partial charge in [0.1, 0.15) is 11.5 Å². The highest BCUT2D eigenvalue weighted by atomic mass is 16.3. The Balaban J connectivity index is 2.22. The minimum Gasteiger partial charge on any atom is -0.508 e. The molecule has 2 N–H and O–H groups in total. The highest BCUT2D eigenvalue weighted by molar-refractivity contribution is 6.00. The molecule has 2 rings (SSSR count). The first-order chi connectivity index (χ1) is 11.1. The van der Waals surface area contributed by atoms with Crippen molar-refractivity contribution in [2.45, 2.75) is 39.0 Å². The van der Waals surface area contributed by atoms with E-state index in [1.54, 1.807) is 53.4 Å². The first-order valence-corrected chi connectivity index (χ1v) is 8.03. The van der Waals surface area contributed by atoms with Crippen molar-refractivity contribution in [3.05, 3.63) is 48.5 Å². The standard InChI is InChI=1S/C19H23NO3/c1-2-3-4-5-6-19(23)20(15-7-11-17(21)12-8-15)16-9-13-18(22)14-10-16/h7-14,21-22H,2-6H2,1H3. The number of aromatic hydroxyl groups is 2. The third kappa shape index (κ3) is 4.74. The summed E-state index contributed by atoms with van der Waals surface area (Å²) in [5.41, 5.74) is 1.41. The largest absolute Gasteiger partial charge is 0.508 e. The van der Waals surface area contributed by atoms with E-state index in [2.05, 4.69) is 6.92 Å². The molecule has 4 nitrogen and oxygen atoms in total. The second-order valence-corrected chi connectivity index (χ2v) is 5.57. The predicted molar refractivity (Wildman–Crippen MR) is 92.1 cm³/mol. The number of phenols is 2. The van der Waals surface area contributed by atoms with Gasteiger partial charge in [-0.2, -0.15) is 0 Å². The molecule has 0 spiro atoms. The third-order valence-corrected chi connectivity index (χ3v) is 3.71. The van der Waals surface area contributed by atoms with Gasteiger partial charge in [-0.3, -0.25) is 9.69 Å². The maximum atomic E-state index is 12.7. The maximum absolute atomic E-state index is 12.7. The van der Waals surface area contributed by atoms with Crippen LogP contribution in [0.15, 0.2) is 48.5 Å². The minimum absolute atomic E-state index is 0.0116. The van der Waals surface area contributed by atoms with Gasteiger partial charge in [-0.15, -0.1) is 0 Å². The number of carbonyl (C=O) groups excluding carboxylic acids is 1. The molecule has 1 amide bonds. The molecule has 0 saturated carbocycles. The summed E-state index contributed by atoms with van der Waals surface area (Å²) < 4.78 is 0. The molecule has 2 aromatic rings. The van der Waals surface area contributed by atoms with Crippen LogP contribution in [0.3, 0.4) is 0 Å². The predicted octanol–water partition coefficient (Wildman–Crippen LogP) is 4.73. The van der Waals surface area contributed by atoms with Crippen LogP contribution < -0.4 is 4.90 Å². The second-order valence-electron chi connectivity index (χ2n) is 5.57. The fourth-order valence-electron chi connectivity index (χ4n) is 2.46. The van der Waals surface area contributed by atoms with Crippen LogP contribution in [-0.4, -0.2) is 16.1 Å². The molecule has 2 aromatic carbocycles. The summed E-state index contributed by atoms with van der Waals surface area (Å²) in [6.45, 7) is 2.14. The summed E-state index contributed by atoms with van der Waals surface area (Å²) in [7, 11) is 0. The lowest BCUT2D eigenvalue weighted by Gasteiger charge is -2.23. The molecule has 0 aromatic heterocycles. The third-order valence-electron chi connectivity index (χ3n) is 3.71. The summed E-state index contributed by atoms with van der Waals surface area (Å²) >= 11 is 0. The Morgan fingerprint density at radius 1 is 0.826 bits per heavy atom. The van der Waals surface area contributed by atoms with E-state index in [1.807, 2.05) is 0 Å². The number of benzene rings is 2. The van der Waals surface area contributed by atoms with Crippen molar-refractivity contribution in [3.63, 3.8) is 0 Å². The molecular weight excluding hydrogens is 290 g/mol. The molecule has 0 saturated heterocycles. The van der Waals surface area contributed by atoms with Crippen molar-refractivity contribution >= 4 is 17.3 Å². The number of carbonyl (C=O) groups is 1. The molecule has 0 aliphatic heterocycles. The fourth-order valence-corrected chi connectivity index (χ4v) is 2.46. The Hall–Kier alpha value is -2.49. The highest BCUT2D eigenvalue weighted by Gasteiger charge is 2.17. The lowest BCUT2D eigenvalue weighted by atomic mass is 10.1. The van der Waals surface area contributed by atoms with Crippen LogP contribution in [0.5, 0.6) is 11.5 Å². The van der Waals surface area contributed by atoms with Gasteiger partial charge in [0.2, 0.25) is 5.91 Å². The van der Waals surface area contributed by atoms with E-state index in [0.29, 0.717) is 17.8 Å². The monoisotopic (exact) mass is 313 g/mol.